The van der Waals surface area contributed by atoms with Crippen molar-refractivity contribution in [1.82, 2.24) is 0 Å². The van der Waals surface area contributed by atoms with E-state index in [4.69, 9.17) is 4.74 Å². The Morgan fingerprint density at radius 1 is 0.800 bits per heavy atom. The van der Waals surface area contributed by atoms with E-state index in [-0.39, 0.29) is 0 Å². The molecule has 0 saturated heterocycles. The van der Waals surface area contributed by atoms with E-state index in [0.717, 1.165) is 23.4 Å². The van der Waals surface area contributed by atoms with Crippen molar-refractivity contribution in [1.29, 1.82) is 0 Å². The fraction of sp³-hybridized carbons (Fsp3) is 0.111. The van der Waals surface area contributed by atoms with E-state index in [1.165, 1.54) is 10.9 Å². The zero-order valence-corrected chi connectivity index (χ0v) is 11.5. The first-order valence-corrected chi connectivity index (χ1v) is 6.72. The minimum absolute atomic E-state index is 0.800. The molecule has 0 fully saturated rings. The zero-order valence-electron chi connectivity index (χ0n) is 11.5. The standard InChI is InChI=1S/C18H17NO/c1-20-18-12-11-14(16-9-5-6-10-17(16)18)13-19-15-7-3-2-4-8-15/h2-12,19H,13H2,1H3. The summed E-state index contributed by atoms with van der Waals surface area (Å²) < 4.78 is 5.42. The quantitative estimate of drug-likeness (QED) is 0.750. The Labute approximate surface area is 119 Å². The molecular weight excluding hydrogens is 246 g/mol. The molecule has 0 radical (unpaired) electrons. The van der Waals surface area contributed by atoms with Gasteiger partial charge in [0.2, 0.25) is 0 Å². The lowest BCUT2D eigenvalue weighted by molar-refractivity contribution is 0.419. The third-order valence-electron chi connectivity index (χ3n) is 3.45. The van der Waals surface area contributed by atoms with Crippen molar-refractivity contribution in [2.75, 3.05) is 12.4 Å². The van der Waals surface area contributed by atoms with Crippen molar-refractivity contribution < 1.29 is 4.74 Å². The average molecular weight is 263 g/mol. The van der Waals surface area contributed by atoms with E-state index in [1.54, 1.807) is 7.11 Å². The predicted octanol–water partition coefficient (Wildman–Crippen LogP) is 4.46. The molecule has 0 aromatic heterocycles. The summed E-state index contributed by atoms with van der Waals surface area (Å²) in [6, 6.07) is 22.7. The summed E-state index contributed by atoms with van der Waals surface area (Å²) in [4.78, 5) is 0. The van der Waals surface area contributed by atoms with Crippen molar-refractivity contribution in [3.63, 3.8) is 0 Å². The van der Waals surface area contributed by atoms with Crippen molar-refractivity contribution in [3.8, 4) is 5.75 Å². The second kappa shape index (κ2) is 5.66. The number of anilines is 1. The Morgan fingerprint density at radius 3 is 2.25 bits per heavy atom. The SMILES string of the molecule is COc1ccc(CNc2ccccc2)c2ccccc12. The lowest BCUT2D eigenvalue weighted by Gasteiger charge is -2.12. The summed E-state index contributed by atoms with van der Waals surface area (Å²) in [5.41, 5.74) is 2.40. The van der Waals surface area contributed by atoms with Gasteiger partial charge in [-0.05, 0) is 29.1 Å². The predicted molar refractivity (Wildman–Crippen MR) is 84.3 cm³/mol. The van der Waals surface area contributed by atoms with Crippen molar-refractivity contribution in [2.45, 2.75) is 6.54 Å². The molecule has 20 heavy (non-hydrogen) atoms. The highest BCUT2D eigenvalue weighted by molar-refractivity contribution is 5.91. The summed E-state index contributed by atoms with van der Waals surface area (Å²) in [5.74, 6) is 0.920. The largest absolute Gasteiger partial charge is 0.496 e. The molecule has 1 N–H and O–H groups in total. The van der Waals surface area contributed by atoms with Crippen LogP contribution in [0.4, 0.5) is 5.69 Å². The van der Waals surface area contributed by atoms with Gasteiger partial charge in [0, 0.05) is 17.6 Å². The van der Waals surface area contributed by atoms with Crippen LogP contribution in [0.25, 0.3) is 10.8 Å². The van der Waals surface area contributed by atoms with Gasteiger partial charge in [0.25, 0.3) is 0 Å². The number of nitrogens with one attached hydrogen (secondary N) is 1. The number of fused-ring (bicyclic) bond motifs is 1. The zero-order chi connectivity index (χ0) is 13.8. The molecular formula is C18H17NO. The Kier molecular flexibility index (Phi) is 3.55. The van der Waals surface area contributed by atoms with Gasteiger partial charge in [0.05, 0.1) is 7.11 Å². The first-order chi connectivity index (χ1) is 9.88. The lowest BCUT2D eigenvalue weighted by atomic mass is 10.0. The van der Waals surface area contributed by atoms with Crippen molar-refractivity contribution in [2.24, 2.45) is 0 Å². The van der Waals surface area contributed by atoms with Crippen LogP contribution >= 0.6 is 0 Å². The minimum Gasteiger partial charge on any atom is -0.496 e. The number of ether oxygens (including phenoxy) is 1. The number of hydrogen-bond donors (Lipinski definition) is 1. The summed E-state index contributed by atoms with van der Waals surface area (Å²) in [6.45, 7) is 0.800. The number of rotatable bonds is 4. The monoisotopic (exact) mass is 263 g/mol. The Hall–Kier alpha value is -2.48. The normalized spacial score (nSPS) is 10.4. The summed E-state index contributed by atoms with van der Waals surface area (Å²) in [7, 11) is 1.71. The molecule has 0 amide bonds. The highest BCUT2D eigenvalue weighted by Crippen LogP contribution is 2.28. The van der Waals surface area contributed by atoms with Crippen LogP contribution in [0.15, 0.2) is 66.7 Å². The van der Waals surface area contributed by atoms with Gasteiger partial charge in [-0.2, -0.15) is 0 Å². The molecule has 0 saturated carbocycles. The Balaban J connectivity index is 1.92. The average Bonchev–Trinajstić information content (AvgIpc) is 2.53. The van der Waals surface area contributed by atoms with Crippen LogP contribution in [0.1, 0.15) is 5.56 Å². The van der Waals surface area contributed by atoms with Gasteiger partial charge in [0.1, 0.15) is 5.75 Å². The fourth-order valence-corrected chi connectivity index (χ4v) is 2.42. The molecule has 3 rings (SSSR count). The van der Waals surface area contributed by atoms with Crippen molar-refractivity contribution in [3.05, 3.63) is 72.3 Å². The van der Waals surface area contributed by atoms with E-state index < -0.39 is 0 Å². The molecule has 0 aliphatic rings. The van der Waals surface area contributed by atoms with E-state index in [0.29, 0.717) is 0 Å². The van der Waals surface area contributed by atoms with Gasteiger partial charge < -0.3 is 10.1 Å². The molecule has 100 valence electrons. The Bertz CT molecular complexity index is 707. The molecule has 2 heteroatoms. The molecule has 0 aliphatic heterocycles. The van der Waals surface area contributed by atoms with Gasteiger partial charge in [-0.1, -0.05) is 48.5 Å². The van der Waals surface area contributed by atoms with Gasteiger partial charge in [0.15, 0.2) is 0 Å². The molecule has 0 atom stereocenters. The number of hydrogen-bond acceptors (Lipinski definition) is 2. The van der Waals surface area contributed by atoms with Crippen molar-refractivity contribution >= 4 is 16.5 Å². The van der Waals surface area contributed by atoms with Gasteiger partial charge in [-0.25, -0.2) is 0 Å². The maximum absolute atomic E-state index is 5.42. The van der Waals surface area contributed by atoms with Crippen LogP contribution < -0.4 is 10.1 Å². The molecule has 2 nitrogen and oxygen atoms in total. The van der Waals surface area contributed by atoms with Crippen LogP contribution in [0, 0.1) is 0 Å². The second-order valence-electron chi connectivity index (χ2n) is 4.69. The van der Waals surface area contributed by atoms with Crippen LogP contribution in [0.2, 0.25) is 0 Å². The van der Waals surface area contributed by atoms with Crippen LogP contribution in [-0.2, 0) is 6.54 Å². The van der Waals surface area contributed by atoms with E-state index in [2.05, 4.69) is 41.7 Å². The maximum atomic E-state index is 5.42. The first kappa shape index (κ1) is 12.5. The van der Waals surface area contributed by atoms with Gasteiger partial charge >= 0.3 is 0 Å². The Morgan fingerprint density at radius 2 is 1.50 bits per heavy atom. The topological polar surface area (TPSA) is 21.3 Å². The molecule has 3 aromatic carbocycles. The van der Waals surface area contributed by atoms with E-state index in [9.17, 15) is 0 Å². The van der Waals surface area contributed by atoms with E-state index >= 15 is 0 Å². The molecule has 0 unspecified atom stereocenters. The minimum atomic E-state index is 0.800. The number of methoxy groups -OCH3 is 1. The first-order valence-electron chi connectivity index (χ1n) is 6.72. The summed E-state index contributed by atoms with van der Waals surface area (Å²) in [6.07, 6.45) is 0. The van der Waals surface area contributed by atoms with Gasteiger partial charge in [-0.15, -0.1) is 0 Å². The second-order valence-corrected chi connectivity index (χ2v) is 4.69. The van der Waals surface area contributed by atoms with Gasteiger partial charge in [-0.3, -0.25) is 0 Å². The molecule has 3 aromatic rings. The fourth-order valence-electron chi connectivity index (χ4n) is 2.42. The molecule has 0 spiro atoms. The maximum Gasteiger partial charge on any atom is 0.126 e. The molecule has 0 heterocycles. The highest BCUT2D eigenvalue weighted by atomic mass is 16.5. The number of para-hydroxylation sites is 1. The highest BCUT2D eigenvalue weighted by Gasteiger charge is 2.05. The molecule has 0 bridgehead atoms. The molecule has 0 aliphatic carbocycles. The van der Waals surface area contributed by atoms with E-state index in [1.807, 2.05) is 30.3 Å². The third kappa shape index (κ3) is 2.45. The number of benzene rings is 3. The third-order valence-corrected chi connectivity index (χ3v) is 3.45. The van der Waals surface area contributed by atoms with Crippen LogP contribution in [-0.4, -0.2) is 7.11 Å². The lowest BCUT2D eigenvalue weighted by Crippen LogP contribution is -2.00. The summed E-state index contributed by atoms with van der Waals surface area (Å²) >= 11 is 0. The smallest absolute Gasteiger partial charge is 0.126 e. The van der Waals surface area contributed by atoms with Crippen LogP contribution in [0.5, 0.6) is 5.75 Å². The summed E-state index contributed by atoms with van der Waals surface area (Å²) in [5, 5.41) is 5.84. The van der Waals surface area contributed by atoms with Crippen LogP contribution in [0.3, 0.4) is 0 Å².